The molecule has 0 aliphatic heterocycles. The molecule has 0 bridgehead atoms. The van der Waals surface area contributed by atoms with Crippen molar-refractivity contribution in [1.82, 2.24) is 15.3 Å². The fourth-order valence-corrected chi connectivity index (χ4v) is 2.24. The van der Waals surface area contributed by atoms with Gasteiger partial charge >= 0.3 is 5.97 Å². The quantitative estimate of drug-likeness (QED) is 0.575. The highest BCUT2D eigenvalue weighted by Crippen LogP contribution is 2.15. The van der Waals surface area contributed by atoms with Crippen LogP contribution in [-0.4, -0.2) is 47.7 Å². The van der Waals surface area contributed by atoms with Crippen LogP contribution in [-0.2, 0) is 14.3 Å². The minimum atomic E-state index is -0.565. The van der Waals surface area contributed by atoms with E-state index >= 15 is 0 Å². The van der Waals surface area contributed by atoms with Gasteiger partial charge < -0.3 is 14.8 Å². The Balaban J connectivity index is 1.83. The number of fused-ring (bicyclic) bond motifs is 1. The van der Waals surface area contributed by atoms with Crippen LogP contribution in [0.5, 0.6) is 0 Å². The number of amides is 1. The minimum Gasteiger partial charge on any atom is -0.452 e. The Morgan fingerprint density at radius 1 is 1.12 bits per heavy atom. The van der Waals surface area contributed by atoms with Crippen molar-refractivity contribution in [2.45, 2.75) is 40.2 Å². The van der Waals surface area contributed by atoms with Gasteiger partial charge in [-0.05, 0) is 52.3 Å². The number of aryl methyl sites for hydroxylation is 2. The minimum absolute atomic E-state index is 0.172. The summed E-state index contributed by atoms with van der Waals surface area (Å²) in [6.07, 6.45) is 0.881. The van der Waals surface area contributed by atoms with E-state index in [2.05, 4.69) is 15.3 Å². The molecule has 1 N–H and O–H groups in total. The van der Waals surface area contributed by atoms with Gasteiger partial charge in [0.1, 0.15) is 0 Å². The molecule has 0 fully saturated rings. The molecule has 1 heterocycles. The average molecular weight is 359 g/mol. The summed E-state index contributed by atoms with van der Waals surface area (Å²) in [5, 5.41) is 2.69. The summed E-state index contributed by atoms with van der Waals surface area (Å²) < 4.78 is 10.4. The Morgan fingerprint density at radius 2 is 1.81 bits per heavy atom. The Morgan fingerprint density at radius 3 is 2.50 bits per heavy atom. The topological polar surface area (TPSA) is 90.4 Å². The summed E-state index contributed by atoms with van der Waals surface area (Å²) in [5.41, 5.74) is 3.34. The highest BCUT2D eigenvalue weighted by atomic mass is 16.5. The van der Waals surface area contributed by atoms with Gasteiger partial charge in [0.05, 0.1) is 34.1 Å². The number of esters is 1. The molecule has 2 aromatic rings. The SMILES string of the molecule is Cc1nc2ccc(C(=O)OCC(=O)NCCCOC(C)C)cc2nc1C. The van der Waals surface area contributed by atoms with Crippen LogP contribution in [0.25, 0.3) is 11.0 Å². The third-order valence-electron chi connectivity index (χ3n) is 3.74. The van der Waals surface area contributed by atoms with Crippen molar-refractivity contribution in [3.05, 3.63) is 35.2 Å². The number of nitrogens with one attached hydrogen (secondary N) is 1. The smallest absolute Gasteiger partial charge is 0.338 e. The van der Waals surface area contributed by atoms with E-state index in [1.165, 1.54) is 0 Å². The predicted molar refractivity (Wildman–Crippen MR) is 98.0 cm³/mol. The Bertz CT molecular complexity index is 790. The molecule has 0 saturated heterocycles. The van der Waals surface area contributed by atoms with E-state index in [0.717, 1.165) is 11.4 Å². The van der Waals surface area contributed by atoms with Gasteiger partial charge in [-0.3, -0.25) is 4.79 Å². The second-order valence-corrected chi connectivity index (χ2v) is 6.30. The first-order valence-electron chi connectivity index (χ1n) is 8.67. The number of nitrogens with zero attached hydrogens (tertiary/aromatic N) is 2. The van der Waals surface area contributed by atoms with Gasteiger partial charge in [0.15, 0.2) is 6.61 Å². The highest BCUT2D eigenvalue weighted by Gasteiger charge is 2.12. The van der Waals surface area contributed by atoms with Crippen LogP contribution < -0.4 is 5.32 Å². The number of hydrogen-bond donors (Lipinski definition) is 1. The number of hydrogen-bond acceptors (Lipinski definition) is 6. The molecule has 1 amide bonds. The first kappa shape index (κ1) is 19.8. The summed E-state index contributed by atoms with van der Waals surface area (Å²) in [4.78, 5) is 32.7. The second kappa shape index (κ2) is 9.24. The van der Waals surface area contributed by atoms with Crippen molar-refractivity contribution in [1.29, 1.82) is 0 Å². The van der Waals surface area contributed by atoms with E-state index < -0.39 is 5.97 Å². The van der Waals surface area contributed by atoms with Gasteiger partial charge in [-0.15, -0.1) is 0 Å². The molecule has 1 aromatic heterocycles. The molecule has 2 rings (SSSR count). The normalized spacial score (nSPS) is 11.0. The second-order valence-electron chi connectivity index (χ2n) is 6.30. The number of carbonyl (C=O) groups excluding carboxylic acids is 2. The van der Waals surface area contributed by atoms with Crippen LogP contribution in [0.4, 0.5) is 0 Å². The van der Waals surface area contributed by atoms with Gasteiger partial charge in [-0.2, -0.15) is 0 Å². The van der Waals surface area contributed by atoms with Crippen molar-refractivity contribution < 1.29 is 19.1 Å². The maximum absolute atomic E-state index is 12.1. The average Bonchev–Trinajstić information content (AvgIpc) is 2.59. The maximum Gasteiger partial charge on any atom is 0.338 e. The maximum atomic E-state index is 12.1. The fourth-order valence-electron chi connectivity index (χ4n) is 2.24. The monoisotopic (exact) mass is 359 g/mol. The van der Waals surface area contributed by atoms with Gasteiger partial charge in [-0.1, -0.05) is 0 Å². The van der Waals surface area contributed by atoms with Gasteiger partial charge in [0.2, 0.25) is 0 Å². The summed E-state index contributed by atoms with van der Waals surface area (Å²) >= 11 is 0. The lowest BCUT2D eigenvalue weighted by Crippen LogP contribution is -2.30. The van der Waals surface area contributed by atoms with E-state index in [0.29, 0.717) is 36.2 Å². The summed E-state index contributed by atoms with van der Waals surface area (Å²) in [6, 6.07) is 4.97. The lowest BCUT2D eigenvalue weighted by Gasteiger charge is -2.09. The van der Waals surface area contributed by atoms with Crippen LogP contribution in [0.2, 0.25) is 0 Å². The molecule has 140 valence electrons. The lowest BCUT2D eigenvalue weighted by atomic mass is 10.2. The molecule has 0 aliphatic carbocycles. The van der Waals surface area contributed by atoms with E-state index in [-0.39, 0.29) is 18.6 Å². The molecule has 26 heavy (non-hydrogen) atoms. The molecule has 0 atom stereocenters. The summed E-state index contributed by atoms with van der Waals surface area (Å²) in [7, 11) is 0. The molecular weight excluding hydrogens is 334 g/mol. The molecule has 0 aliphatic rings. The lowest BCUT2D eigenvalue weighted by molar-refractivity contribution is -0.124. The van der Waals surface area contributed by atoms with E-state index in [9.17, 15) is 9.59 Å². The van der Waals surface area contributed by atoms with Crippen molar-refractivity contribution in [2.75, 3.05) is 19.8 Å². The number of benzene rings is 1. The Labute approximate surface area is 153 Å². The summed E-state index contributed by atoms with van der Waals surface area (Å²) in [5.74, 6) is -0.903. The Hall–Kier alpha value is -2.54. The zero-order valence-corrected chi connectivity index (χ0v) is 15.7. The third-order valence-corrected chi connectivity index (χ3v) is 3.74. The van der Waals surface area contributed by atoms with E-state index in [1.54, 1.807) is 18.2 Å². The third kappa shape index (κ3) is 5.77. The molecule has 0 spiro atoms. The van der Waals surface area contributed by atoms with Crippen LogP contribution in [0.1, 0.15) is 42.0 Å². The van der Waals surface area contributed by atoms with Crippen molar-refractivity contribution in [3.63, 3.8) is 0 Å². The van der Waals surface area contributed by atoms with Crippen LogP contribution in [0, 0.1) is 13.8 Å². The number of aromatic nitrogens is 2. The van der Waals surface area contributed by atoms with Crippen molar-refractivity contribution in [2.24, 2.45) is 0 Å². The first-order valence-corrected chi connectivity index (χ1v) is 8.67. The number of rotatable bonds is 8. The van der Waals surface area contributed by atoms with Crippen molar-refractivity contribution in [3.8, 4) is 0 Å². The highest BCUT2D eigenvalue weighted by molar-refractivity contribution is 5.94. The Kier molecular flexibility index (Phi) is 7.03. The molecular formula is C19H25N3O4. The molecule has 0 radical (unpaired) electrons. The standard InChI is InChI=1S/C19H25N3O4/c1-12(2)25-9-5-8-20-18(23)11-26-19(24)15-6-7-16-17(10-15)22-14(4)13(3)21-16/h6-7,10,12H,5,8-9,11H2,1-4H3,(H,20,23). The van der Waals surface area contributed by atoms with Crippen LogP contribution in [0.3, 0.4) is 0 Å². The number of ether oxygens (including phenoxy) is 2. The molecule has 7 nitrogen and oxygen atoms in total. The molecule has 0 unspecified atom stereocenters. The van der Waals surface area contributed by atoms with E-state index in [4.69, 9.17) is 9.47 Å². The van der Waals surface area contributed by atoms with E-state index in [1.807, 2.05) is 27.7 Å². The van der Waals surface area contributed by atoms with Gasteiger partial charge in [0, 0.05) is 13.2 Å². The molecule has 7 heteroatoms. The summed E-state index contributed by atoms with van der Waals surface area (Å²) in [6.45, 7) is 8.40. The molecule has 0 saturated carbocycles. The zero-order chi connectivity index (χ0) is 19.1. The fraction of sp³-hybridized carbons (Fsp3) is 0.474. The molecule has 1 aromatic carbocycles. The van der Waals surface area contributed by atoms with Crippen LogP contribution >= 0.6 is 0 Å². The number of carbonyl (C=O) groups is 2. The van der Waals surface area contributed by atoms with Gasteiger partial charge in [0.25, 0.3) is 5.91 Å². The first-order chi connectivity index (χ1) is 12.4. The van der Waals surface area contributed by atoms with Crippen LogP contribution in [0.15, 0.2) is 18.2 Å². The predicted octanol–water partition coefficient (Wildman–Crippen LogP) is 2.33. The largest absolute Gasteiger partial charge is 0.452 e. The zero-order valence-electron chi connectivity index (χ0n) is 15.7. The van der Waals surface area contributed by atoms with Crippen molar-refractivity contribution >= 4 is 22.9 Å². The van der Waals surface area contributed by atoms with Gasteiger partial charge in [-0.25, -0.2) is 14.8 Å².